The zero-order valence-corrected chi connectivity index (χ0v) is 15.4. The van der Waals surface area contributed by atoms with E-state index in [1.807, 2.05) is 30.3 Å². The smallest absolute Gasteiger partial charge is 0.338 e. The number of benzene rings is 2. The first-order chi connectivity index (χ1) is 14.2. The first-order valence-corrected chi connectivity index (χ1v) is 8.72. The normalized spacial score (nSPS) is 10.5. The average molecular weight is 385 g/mol. The van der Waals surface area contributed by atoms with Crippen LogP contribution in [0.25, 0.3) is 11.4 Å². The Morgan fingerprint density at radius 3 is 2.52 bits per heavy atom. The maximum absolute atomic E-state index is 12.5. The fraction of sp³-hybridized carbons (Fsp3) is 0.100. The Morgan fingerprint density at radius 1 is 1.10 bits per heavy atom. The molecule has 0 aliphatic rings. The van der Waals surface area contributed by atoms with Gasteiger partial charge in [0.25, 0.3) is 0 Å². The Kier molecular flexibility index (Phi) is 4.82. The summed E-state index contributed by atoms with van der Waals surface area (Å²) in [4.78, 5) is 12.5. The Bertz CT molecular complexity index is 1170. The summed E-state index contributed by atoms with van der Waals surface area (Å²) in [6.45, 7) is 1.67. The van der Waals surface area contributed by atoms with Crippen molar-refractivity contribution in [3.05, 3.63) is 83.4 Å². The number of nitrogens with zero attached hydrogens (tertiary/aromatic N) is 7. The zero-order chi connectivity index (χ0) is 20.2. The highest BCUT2D eigenvalue weighted by molar-refractivity contribution is 5.89. The van der Waals surface area contributed by atoms with Crippen LogP contribution >= 0.6 is 0 Å². The van der Waals surface area contributed by atoms with E-state index in [9.17, 15) is 10.1 Å². The lowest BCUT2D eigenvalue weighted by Crippen LogP contribution is -2.10. The Morgan fingerprint density at radius 2 is 1.86 bits per heavy atom. The number of ether oxygens (including phenoxy) is 1. The Labute approximate surface area is 165 Å². The van der Waals surface area contributed by atoms with Gasteiger partial charge in [-0.15, -0.1) is 5.10 Å². The number of carbonyl (C=O) groups excluding carboxylic acids is 1. The Hall–Kier alpha value is -4.32. The topological polar surface area (TPSA) is 112 Å². The molecule has 0 N–H and O–H groups in total. The largest absolute Gasteiger partial charge is 0.456 e. The molecular weight excluding hydrogens is 370 g/mol. The second-order valence-corrected chi connectivity index (χ2v) is 6.14. The number of carbonyl (C=O) groups is 1. The summed E-state index contributed by atoms with van der Waals surface area (Å²) in [5, 5.41) is 24.9. The van der Waals surface area contributed by atoms with Crippen LogP contribution < -0.4 is 0 Å². The lowest BCUT2D eigenvalue weighted by Gasteiger charge is -2.09. The minimum absolute atomic E-state index is 0.0772. The Balaban J connectivity index is 1.54. The van der Waals surface area contributed by atoms with Crippen molar-refractivity contribution in [3.63, 3.8) is 0 Å². The van der Waals surface area contributed by atoms with Gasteiger partial charge in [0, 0.05) is 0 Å². The molecule has 9 nitrogen and oxygen atoms in total. The molecule has 9 heteroatoms. The predicted octanol–water partition coefficient (Wildman–Crippen LogP) is 2.39. The molecule has 0 saturated heterocycles. The molecule has 2 aromatic carbocycles. The van der Waals surface area contributed by atoms with Gasteiger partial charge in [0.2, 0.25) is 0 Å². The van der Waals surface area contributed by atoms with Crippen LogP contribution in [0.15, 0.2) is 60.9 Å². The van der Waals surface area contributed by atoms with E-state index in [0.717, 1.165) is 11.4 Å². The molecule has 0 bridgehead atoms. The number of esters is 1. The lowest BCUT2D eigenvalue weighted by molar-refractivity contribution is 0.0465. The maximum Gasteiger partial charge on any atom is 0.338 e. The van der Waals surface area contributed by atoms with E-state index in [1.54, 1.807) is 35.9 Å². The third kappa shape index (κ3) is 3.59. The van der Waals surface area contributed by atoms with Crippen LogP contribution in [0.1, 0.15) is 27.3 Å². The van der Waals surface area contributed by atoms with E-state index in [2.05, 4.69) is 26.7 Å². The summed E-state index contributed by atoms with van der Waals surface area (Å²) < 4.78 is 8.57. The van der Waals surface area contributed by atoms with Crippen LogP contribution in [0.5, 0.6) is 0 Å². The highest BCUT2D eigenvalue weighted by Crippen LogP contribution is 2.19. The number of tetrazole rings is 1. The third-order valence-corrected chi connectivity index (χ3v) is 4.33. The van der Waals surface area contributed by atoms with E-state index in [1.165, 1.54) is 11.0 Å². The number of nitriles is 1. The predicted molar refractivity (Wildman–Crippen MR) is 101 cm³/mol. The van der Waals surface area contributed by atoms with Crippen LogP contribution in [0.3, 0.4) is 0 Å². The molecule has 0 radical (unpaired) electrons. The molecule has 0 aliphatic heterocycles. The summed E-state index contributed by atoms with van der Waals surface area (Å²) >= 11 is 0. The summed E-state index contributed by atoms with van der Waals surface area (Å²) in [5.74, 6) is -0.504. The van der Waals surface area contributed by atoms with Crippen molar-refractivity contribution in [2.75, 3.05) is 0 Å². The van der Waals surface area contributed by atoms with E-state index < -0.39 is 5.97 Å². The molecule has 0 atom stereocenters. The zero-order valence-electron chi connectivity index (χ0n) is 15.4. The first-order valence-electron chi connectivity index (χ1n) is 8.72. The molecule has 142 valence electrons. The van der Waals surface area contributed by atoms with Gasteiger partial charge in [0.15, 0.2) is 0 Å². The first kappa shape index (κ1) is 18.1. The SMILES string of the molecule is Cc1nn(-c2ccccc2)c(COC(=O)c2ccc(-n3cnnn3)cc2)c1C#N. The highest BCUT2D eigenvalue weighted by Gasteiger charge is 2.18. The van der Waals surface area contributed by atoms with E-state index >= 15 is 0 Å². The van der Waals surface area contributed by atoms with Crippen molar-refractivity contribution < 1.29 is 9.53 Å². The fourth-order valence-electron chi connectivity index (χ4n) is 2.88. The van der Waals surface area contributed by atoms with Gasteiger partial charge in [-0.05, 0) is 53.7 Å². The van der Waals surface area contributed by atoms with Crippen molar-refractivity contribution in [2.24, 2.45) is 0 Å². The van der Waals surface area contributed by atoms with Gasteiger partial charge in [-0.25, -0.2) is 14.2 Å². The summed E-state index contributed by atoms with van der Waals surface area (Å²) in [5.41, 5.74) is 3.38. The van der Waals surface area contributed by atoms with Crippen molar-refractivity contribution in [3.8, 4) is 17.4 Å². The number of aromatic nitrogens is 6. The number of hydrogen-bond donors (Lipinski definition) is 0. The molecule has 4 rings (SSSR count). The number of rotatable bonds is 5. The molecule has 4 aromatic rings. The lowest BCUT2D eigenvalue weighted by atomic mass is 10.2. The van der Waals surface area contributed by atoms with Crippen LogP contribution in [-0.4, -0.2) is 36.0 Å². The fourth-order valence-corrected chi connectivity index (χ4v) is 2.88. The van der Waals surface area contributed by atoms with Crippen LogP contribution in [-0.2, 0) is 11.3 Å². The van der Waals surface area contributed by atoms with Crippen LogP contribution in [0, 0.1) is 18.3 Å². The molecule has 0 amide bonds. The summed E-state index contributed by atoms with van der Waals surface area (Å²) in [6, 6.07) is 18.2. The standard InChI is InChI=1S/C20H15N7O2/c1-14-18(11-21)19(27(23-14)17-5-3-2-4-6-17)12-29-20(28)15-7-9-16(10-8-15)26-13-22-24-25-26/h2-10,13H,12H2,1H3. The van der Waals surface area contributed by atoms with Gasteiger partial charge >= 0.3 is 5.97 Å². The minimum Gasteiger partial charge on any atom is -0.456 e. The average Bonchev–Trinajstić information content (AvgIpc) is 3.40. The van der Waals surface area contributed by atoms with Crippen LogP contribution in [0.2, 0.25) is 0 Å². The second kappa shape index (κ2) is 7.74. The summed E-state index contributed by atoms with van der Waals surface area (Å²) in [7, 11) is 0. The highest BCUT2D eigenvalue weighted by atomic mass is 16.5. The molecule has 0 saturated carbocycles. The van der Waals surface area contributed by atoms with E-state index in [0.29, 0.717) is 22.5 Å². The molecule has 2 heterocycles. The molecule has 0 spiro atoms. The third-order valence-electron chi connectivity index (χ3n) is 4.33. The van der Waals surface area contributed by atoms with Crippen molar-refractivity contribution >= 4 is 5.97 Å². The number of aryl methyl sites for hydroxylation is 1. The number of para-hydroxylation sites is 1. The quantitative estimate of drug-likeness (QED) is 0.485. The minimum atomic E-state index is -0.504. The van der Waals surface area contributed by atoms with Gasteiger partial charge in [0.1, 0.15) is 24.6 Å². The second-order valence-electron chi connectivity index (χ2n) is 6.14. The van der Waals surface area contributed by atoms with Crippen molar-refractivity contribution in [2.45, 2.75) is 13.5 Å². The summed E-state index contributed by atoms with van der Waals surface area (Å²) in [6.07, 6.45) is 1.46. The molecule has 0 unspecified atom stereocenters. The molecule has 0 fully saturated rings. The van der Waals surface area contributed by atoms with Gasteiger partial charge in [-0.2, -0.15) is 10.4 Å². The van der Waals surface area contributed by atoms with Gasteiger partial charge in [0.05, 0.1) is 28.3 Å². The van der Waals surface area contributed by atoms with Crippen LogP contribution in [0.4, 0.5) is 0 Å². The molecular formula is C20H15N7O2. The van der Waals surface area contributed by atoms with Crippen molar-refractivity contribution in [1.82, 2.24) is 30.0 Å². The maximum atomic E-state index is 12.5. The van der Waals surface area contributed by atoms with Crippen molar-refractivity contribution in [1.29, 1.82) is 5.26 Å². The van der Waals surface area contributed by atoms with Gasteiger partial charge in [-0.3, -0.25) is 0 Å². The van der Waals surface area contributed by atoms with E-state index in [-0.39, 0.29) is 6.61 Å². The molecule has 0 aliphatic carbocycles. The molecule has 29 heavy (non-hydrogen) atoms. The monoisotopic (exact) mass is 385 g/mol. The van der Waals surface area contributed by atoms with Gasteiger partial charge < -0.3 is 4.74 Å². The molecule has 2 aromatic heterocycles. The van der Waals surface area contributed by atoms with E-state index in [4.69, 9.17) is 4.74 Å². The number of hydrogen-bond acceptors (Lipinski definition) is 7. The van der Waals surface area contributed by atoms with Gasteiger partial charge in [-0.1, -0.05) is 18.2 Å².